The molecule has 2 N–H and O–H groups in total. The number of fused-ring (bicyclic) bond motifs is 3. The molecule has 0 spiro atoms. The van der Waals surface area contributed by atoms with Crippen LogP contribution in [0.1, 0.15) is 38.5 Å². The Labute approximate surface area is 140 Å². The quantitative estimate of drug-likeness (QED) is 0.745. The summed E-state index contributed by atoms with van der Waals surface area (Å²) in [5.41, 5.74) is 8.37. The number of nitrogens with zero attached hydrogens (tertiary/aromatic N) is 4. The lowest BCUT2D eigenvalue weighted by Crippen LogP contribution is -2.51. The summed E-state index contributed by atoms with van der Waals surface area (Å²) in [6.07, 6.45) is 13.9. The van der Waals surface area contributed by atoms with E-state index in [4.69, 9.17) is 5.73 Å². The highest BCUT2D eigenvalue weighted by atomic mass is 15.2. The Hall–Kier alpha value is -2.17. The van der Waals surface area contributed by atoms with E-state index in [9.17, 15) is 0 Å². The van der Waals surface area contributed by atoms with Crippen LogP contribution in [0.5, 0.6) is 0 Å². The molecule has 24 heavy (non-hydrogen) atoms. The highest BCUT2D eigenvalue weighted by molar-refractivity contribution is 6.06. The molecule has 122 valence electrons. The Morgan fingerprint density at radius 1 is 1.00 bits per heavy atom. The first-order chi connectivity index (χ1) is 11.7. The molecule has 0 saturated heterocycles. The van der Waals surface area contributed by atoms with Crippen molar-refractivity contribution >= 4 is 27.9 Å². The van der Waals surface area contributed by atoms with Crippen molar-refractivity contribution in [1.29, 1.82) is 0 Å². The number of aromatic nitrogens is 4. The summed E-state index contributed by atoms with van der Waals surface area (Å²) in [5, 5.41) is 2.31. The lowest BCUT2D eigenvalue weighted by Gasteiger charge is -2.57. The van der Waals surface area contributed by atoms with Gasteiger partial charge in [-0.3, -0.25) is 4.98 Å². The van der Waals surface area contributed by atoms with Crippen LogP contribution in [-0.2, 0) is 5.54 Å². The van der Waals surface area contributed by atoms with Crippen LogP contribution in [-0.4, -0.2) is 19.5 Å². The molecule has 3 aromatic heterocycles. The Balaban J connectivity index is 1.70. The van der Waals surface area contributed by atoms with Crippen LogP contribution in [0.4, 0.5) is 5.95 Å². The number of nitrogens with two attached hydrogens (primary N) is 1. The topological polar surface area (TPSA) is 69.6 Å². The molecule has 5 nitrogen and oxygen atoms in total. The van der Waals surface area contributed by atoms with Crippen molar-refractivity contribution in [2.45, 2.75) is 44.1 Å². The van der Waals surface area contributed by atoms with Crippen molar-refractivity contribution in [2.24, 2.45) is 17.8 Å². The monoisotopic (exact) mass is 319 g/mol. The van der Waals surface area contributed by atoms with E-state index in [2.05, 4.69) is 25.6 Å². The molecule has 0 aliphatic heterocycles. The Bertz CT molecular complexity index is 937. The fraction of sp³-hybridized carbons (Fsp3) is 0.526. The maximum Gasteiger partial charge on any atom is 0.221 e. The van der Waals surface area contributed by atoms with Crippen molar-refractivity contribution < 1.29 is 0 Å². The SMILES string of the molecule is Nc1ncc2c3ccncc3n(C34CC5CC(CC(C5)C3)C4)c2n1. The molecule has 5 heteroatoms. The third kappa shape index (κ3) is 1.57. The van der Waals surface area contributed by atoms with Crippen molar-refractivity contribution in [1.82, 2.24) is 19.5 Å². The third-order valence-electron chi connectivity index (χ3n) is 6.81. The highest BCUT2D eigenvalue weighted by Gasteiger charge is 2.52. The molecule has 0 radical (unpaired) electrons. The van der Waals surface area contributed by atoms with Gasteiger partial charge in [0.1, 0.15) is 5.65 Å². The molecule has 4 aliphatic carbocycles. The second-order valence-electron chi connectivity index (χ2n) is 8.34. The second-order valence-corrected chi connectivity index (χ2v) is 8.34. The molecule has 3 heterocycles. The van der Waals surface area contributed by atoms with E-state index in [1.54, 1.807) is 0 Å². The summed E-state index contributed by atoms with van der Waals surface area (Å²) in [6.45, 7) is 0. The minimum atomic E-state index is 0.207. The number of pyridine rings is 1. The molecule has 4 bridgehead atoms. The number of hydrogen-bond donors (Lipinski definition) is 1. The molecule has 4 aliphatic rings. The summed E-state index contributed by atoms with van der Waals surface area (Å²) in [7, 11) is 0. The van der Waals surface area contributed by atoms with Crippen LogP contribution in [0.15, 0.2) is 24.7 Å². The second kappa shape index (κ2) is 4.26. The number of hydrogen-bond acceptors (Lipinski definition) is 4. The fourth-order valence-corrected chi connectivity index (χ4v) is 6.47. The number of rotatable bonds is 1. The van der Waals surface area contributed by atoms with Crippen LogP contribution < -0.4 is 5.73 Å². The molecular formula is C19H21N5. The summed E-state index contributed by atoms with van der Waals surface area (Å²) < 4.78 is 2.51. The molecule has 0 atom stereocenters. The summed E-state index contributed by atoms with van der Waals surface area (Å²) in [4.78, 5) is 13.3. The van der Waals surface area contributed by atoms with E-state index >= 15 is 0 Å². The predicted molar refractivity (Wildman–Crippen MR) is 93.4 cm³/mol. The summed E-state index contributed by atoms with van der Waals surface area (Å²) in [6, 6.07) is 2.09. The molecular weight excluding hydrogens is 298 g/mol. The zero-order chi connectivity index (χ0) is 15.9. The Morgan fingerprint density at radius 3 is 2.42 bits per heavy atom. The first-order valence-electron chi connectivity index (χ1n) is 9.09. The summed E-state index contributed by atoms with van der Waals surface area (Å²) >= 11 is 0. The van der Waals surface area contributed by atoms with Crippen LogP contribution in [0, 0.1) is 17.8 Å². The van der Waals surface area contributed by atoms with Gasteiger partial charge in [0.25, 0.3) is 0 Å². The largest absolute Gasteiger partial charge is 0.368 e. The smallest absolute Gasteiger partial charge is 0.221 e. The van der Waals surface area contributed by atoms with Gasteiger partial charge in [-0.1, -0.05) is 0 Å². The average molecular weight is 319 g/mol. The normalized spacial score (nSPS) is 34.4. The van der Waals surface area contributed by atoms with Crippen molar-refractivity contribution in [3.8, 4) is 0 Å². The van der Waals surface area contributed by atoms with Gasteiger partial charge in [0.05, 0.1) is 11.7 Å². The van der Waals surface area contributed by atoms with E-state index in [-0.39, 0.29) is 5.54 Å². The van der Waals surface area contributed by atoms with Gasteiger partial charge in [0.2, 0.25) is 5.95 Å². The molecule has 4 fully saturated rings. The molecule has 3 aromatic rings. The van der Waals surface area contributed by atoms with E-state index in [0.29, 0.717) is 5.95 Å². The van der Waals surface area contributed by atoms with Gasteiger partial charge in [-0.05, 0) is 62.3 Å². The highest BCUT2D eigenvalue weighted by Crippen LogP contribution is 2.60. The van der Waals surface area contributed by atoms with E-state index < -0.39 is 0 Å². The molecule has 0 unspecified atom stereocenters. The van der Waals surface area contributed by atoms with E-state index in [0.717, 1.165) is 28.8 Å². The Kier molecular flexibility index (Phi) is 2.34. The van der Waals surface area contributed by atoms with E-state index in [1.165, 1.54) is 49.4 Å². The van der Waals surface area contributed by atoms with E-state index in [1.807, 2.05) is 18.6 Å². The van der Waals surface area contributed by atoms with Crippen LogP contribution in [0.25, 0.3) is 21.9 Å². The van der Waals surface area contributed by atoms with Crippen molar-refractivity contribution in [3.63, 3.8) is 0 Å². The van der Waals surface area contributed by atoms with Gasteiger partial charge < -0.3 is 10.3 Å². The number of anilines is 1. The average Bonchev–Trinajstić information content (AvgIpc) is 2.87. The predicted octanol–water partition coefficient (Wildman–Crippen LogP) is 3.49. The zero-order valence-corrected chi connectivity index (χ0v) is 13.7. The van der Waals surface area contributed by atoms with Crippen LogP contribution in [0.3, 0.4) is 0 Å². The zero-order valence-electron chi connectivity index (χ0n) is 13.7. The minimum absolute atomic E-state index is 0.207. The molecule has 0 amide bonds. The van der Waals surface area contributed by atoms with Gasteiger partial charge in [-0.25, -0.2) is 4.98 Å². The lowest BCUT2D eigenvalue weighted by atomic mass is 9.53. The minimum Gasteiger partial charge on any atom is -0.368 e. The standard InChI is InChI=1S/C19H21N5/c20-18-22-9-15-14-1-2-21-10-16(14)24(17(15)23-18)19-6-11-3-12(7-19)5-13(4-11)8-19/h1-2,9-13H,3-8H2,(H2,20,22,23). The first-order valence-corrected chi connectivity index (χ1v) is 9.09. The fourth-order valence-electron chi connectivity index (χ4n) is 6.47. The molecule has 7 rings (SSSR count). The van der Waals surface area contributed by atoms with Gasteiger partial charge in [-0.2, -0.15) is 4.98 Å². The van der Waals surface area contributed by atoms with Gasteiger partial charge in [-0.15, -0.1) is 0 Å². The van der Waals surface area contributed by atoms with Crippen LogP contribution >= 0.6 is 0 Å². The Morgan fingerprint density at radius 2 is 1.71 bits per heavy atom. The lowest BCUT2D eigenvalue weighted by molar-refractivity contribution is -0.0389. The maximum absolute atomic E-state index is 5.95. The third-order valence-corrected chi connectivity index (χ3v) is 6.81. The van der Waals surface area contributed by atoms with Crippen molar-refractivity contribution in [3.05, 3.63) is 24.7 Å². The first kappa shape index (κ1) is 13.2. The van der Waals surface area contributed by atoms with Crippen LogP contribution in [0.2, 0.25) is 0 Å². The molecule has 0 aromatic carbocycles. The van der Waals surface area contributed by atoms with Gasteiger partial charge in [0.15, 0.2) is 0 Å². The number of nitrogen functional groups attached to an aromatic ring is 1. The summed E-state index contributed by atoms with van der Waals surface area (Å²) in [5.74, 6) is 3.03. The maximum atomic E-state index is 5.95. The van der Waals surface area contributed by atoms with Crippen molar-refractivity contribution in [2.75, 3.05) is 5.73 Å². The van der Waals surface area contributed by atoms with Gasteiger partial charge in [0, 0.05) is 28.7 Å². The van der Waals surface area contributed by atoms with Gasteiger partial charge >= 0.3 is 0 Å². The molecule has 4 saturated carbocycles.